The van der Waals surface area contributed by atoms with E-state index in [2.05, 4.69) is 38.1 Å². The van der Waals surface area contributed by atoms with Crippen molar-refractivity contribution in [2.75, 3.05) is 6.61 Å². The van der Waals surface area contributed by atoms with Crippen molar-refractivity contribution >= 4 is 0 Å². The topological polar surface area (TPSA) is 9.23 Å². The molecule has 1 aromatic carbocycles. The molecule has 2 aliphatic rings. The maximum absolute atomic E-state index is 6.22. The zero-order valence-electron chi connectivity index (χ0n) is 10.3. The Bertz CT molecular complexity index is 408. The van der Waals surface area contributed by atoms with Gasteiger partial charge in [-0.05, 0) is 42.2 Å². The second-order valence-electron chi connectivity index (χ2n) is 6.13. The van der Waals surface area contributed by atoms with E-state index in [1.54, 1.807) is 0 Å². The number of hydrogen-bond acceptors (Lipinski definition) is 1. The van der Waals surface area contributed by atoms with Gasteiger partial charge in [-0.25, -0.2) is 0 Å². The van der Waals surface area contributed by atoms with Crippen LogP contribution >= 0.6 is 0 Å². The highest BCUT2D eigenvalue weighted by Gasteiger charge is 2.47. The van der Waals surface area contributed by atoms with E-state index < -0.39 is 0 Å². The van der Waals surface area contributed by atoms with Crippen LogP contribution in [-0.2, 0) is 16.8 Å². The fraction of sp³-hybridized carbons (Fsp3) is 0.600. The van der Waals surface area contributed by atoms with Crippen LogP contribution in [0.4, 0.5) is 0 Å². The van der Waals surface area contributed by atoms with Gasteiger partial charge in [-0.3, -0.25) is 0 Å². The van der Waals surface area contributed by atoms with Gasteiger partial charge in [0.15, 0.2) is 0 Å². The quantitative estimate of drug-likeness (QED) is 0.643. The minimum Gasteiger partial charge on any atom is -0.370 e. The third-order valence-corrected chi connectivity index (χ3v) is 4.04. The standard InChI is InChI=1S/C15H20O/c1-14(2)10-15(16-11-14)9-5-7-12-6-3-4-8-13(12)15/h3-4,6,8H,5,7,9-11H2,1-2H3. The van der Waals surface area contributed by atoms with E-state index in [9.17, 15) is 0 Å². The first kappa shape index (κ1) is 10.3. The molecule has 0 radical (unpaired) electrons. The Kier molecular flexibility index (Phi) is 2.16. The summed E-state index contributed by atoms with van der Waals surface area (Å²) in [6.45, 7) is 5.54. The Balaban J connectivity index is 2.05. The third kappa shape index (κ3) is 1.49. The molecular formula is C15H20O. The van der Waals surface area contributed by atoms with Crippen LogP contribution in [0.15, 0.2) is 24.3 Å². The summed E-state index contributed by atoms with van der Waals surface area (Å²) in [6.07, 6.45) is 4.87. The van der Waals surface area contributed by atoms with Crippen LogP contribution in [0, 0.1) is 5.41 Å². The molecule has 1 saturated heterocycles. The molecule has 0 aromatic heterocycles. The normalized spacial score (nSPS) is 31.6. The second-order valence-corrected chi connectivity index (χ2v) is 6.13. The minimum atomic E-state index is 0.0400. The molecule has 1 spiro atoms. The summed E-state index contributed by atoms with van der Waals surface area (Å²) in [5.74, 6) is 0. The molecule has 1 unspecified atom stereocenters. The van der Waals surface area contributed by atoms with Gasteiger partial charge in [0.05, 0.1) is 12.2 Å². The summed E-state index contributed by atoms with van der Waals surface area (Å²) in [7, 11) is 0. The molecule has 1 fully saturated rings. The van der Waals surface area contributed by atoms with Crippen LogP contribution in [0.2, 0.25) is 0 Å². The lowest BCUT2D eigenvalue weighted by Gasteiger charge is -2.35. The Morgan fingerprint density at radius 2 is 2.00 bits per heavy atom. The zero-order chi connectivity index (χ0) is 11.2. The van der Waals surface area contributed by atoms with Crippen molar-refractivity contribution in [2.45, 2.75) is 45.1 Å². The van der Waals surface area contributed by atoms with Crippen LogP contribution in [0.5, 0.6) is 0 Å². The fourth-order valence-electron chi connectivity index (χ4n) is 3.42. The Morgan fingerprint density at radius 1 is 1.19 bits per heavy atom. The van der Waals surface area contributed by atoms with E-state index in [0.29, 0.717) is 5.41 Å². The monoisotopic (exact) mass is 216 g/mol. The highest BCUT2D eigenvalue weighted by molar-refractivity contribution is 5.36. The van der Waals surface area contributed by atoms with Gasteiger partial charge >= 0.3 is 0 Å². The Hall–Kier alpha value is -0.820. The molecule has 3 rings (SSSR count). The van der Waals surface area contributed by atoms with Crippen molar-refractivity contribution in [3.8, 4) is 0 Å². The zero-order valence-corrected chi connectivity index (χ0v) is 10.3. The molecule has 1 aliphatic carbocycles. The fourth-order valence-corrected chi connectivity index (χ4v) is 3.42. The number of benzene rings is 1. The lowest BCUT2D eigenvalue weighted by molar-refractivity contribution is -0.0156. The SMILES string of the molecule is CC1(C)COC2(CCCc3ccccc32)C1. The van der Waals surface area contributed by atoms with Crippen molar-refractivity contribution in [1.82, 2.24) is 0 Å². The van der Waals surface area contributed by atoms with Gasteiger partial charge in [-0.2, -0.15) is 0 Å². The average Bonchev–Trinajstić information content (AvgIpc) is 2.56. The van der Waals surface area contributed by atoms with E-state index in [0.717, 1.165) is 6.61 Å². The smallest absolute Gasteiger partial charge is 0.0940 e. The van der Waals surface area contributed by atoms with E-state index in [4.69, 9.17) is 4.74 Å². The highest BCUT2D eigenvalue weighted by atomic mass is 16.5. The van der Waals surface area contributed by atoms with Crippen molar-refractivity contribution in [2.24, 2.45) is 5.41 Å². The maximum atomic E-state index is 6.22. The molecule has 1 heterocycles. The molecule has 1 atom stereocenters. The Morgan fingerprint density at radius 3 is 2.75 bits per heavy atom. The van der Waals surface area contributed by atoms with Gasteiger partial charge in [-0.15, -0.1) is 0 Å². The predicted octanol–water partition coefficient (Wildman–Crippen LogP) is 3.66. The van der Waals surface area contributed by atoms with Crippen LogP contribution in [-0.4, -0.2) is 6.61 Å². The number of ether oxygens (including phenoxy) is 1. The summed E-state index contributed by atoms with van der Waals surface area (Å²) in [6, 6.07) is 8.85. The summed E-state index contributed by atoms with van der Waals surface area (Å²) >= 11 is 0. The van der Waals surface area contributed by atoms with E-state index in [-0.39, 0.29) is 5.60 Å². The minimum absolute atomic E-state index is 0.0400. The van der Waals surface area contributed by atoms with Crippen LogP contribution in [0.1, 0.15) is 44.2 Å². The summed E-state index contributed by atoms with van der Waals surface area (Å²) < 4.78 is 6.22. The summed E-state index contributed by atoms with van der Waals surface area (Å²) in [4.78, 5) is 0. The number of hydrogen-bond donors (Lipinski definition) is 0. The third-order valence-electron chi connectivity index (χ3n) is 4.04. The van der Waals surface area contributed by atoms with Crippen LogP contribution in [0.3, 0.4) is 0 Å². The molecule has 16 heavy (non-hydrogen) atoms. The molecule has 1 nitrogen and oxygen atoms in total. The van der Waals surface area contributed by atoms with Gasteiger partial charge in [-0.1, -0.05) is 38.1 Å². The van der Waals surface area contributed by atoms with Gasteiger partial charge in [0.1, 0.15) is 0 Å². The maximum Gasteiger partial charge on any atom is 0.0940 e. The molecular weight excluding hydrogens is 196 g/mol. The Labute approximate surface area is 97.8 Å². The lowest BCUT2D eigenvalue weighted by atomic mass is 9.73. The molecule has 1 aliphatic heterocycles. The van der Waals surface area contributed by atoms with E-state index in [1.807, 2.05) is 0 Å². The largest absolute Gasteiger partial charge is 0.370 e. The van der Waals surface area contributed by atoms with E-state index >= 15 is 0 Å². The number of aryl methyl sites for hydroxylation is 1. The molecule has 1 heteroatoms. The van der Waals surface area contributed by atoms with E-state index in [1.165, 1.54) is 36.8 Å². The van der Waals surface area contributed by atoms with Crippen molar-refractivity contribution in [3.05, 3.63) is 35.4 Å². The van der Waals surface area contributed by atoms with Crippen LogP contribution in [0.25, 0.3) is 0 Å². The first-order valence-corrected chi connectivity index (χ1v) is 6.34. The first-order valence-electron chi connectivity index (χ1n) is 6.34. The van der Waals surface area contributed by atoms with Crippen LogP contribution < -0.4 is 0 Å². The molecule has 0 amide bonds. The summed E-state index contributed by atoms with van der Waals surface area (Å²) in [5.41, 5.74) is 3.35. The molecule has 1 aromatic rings. The first-order chi connectivity index (χ1) is 7.61. The highest BCUT2D eigenvalue weighted by Crippen LogP contribution is 2.51. The number of fused-ring (bicyclic) bond motifs is 2. The second kappa shape index (κ2) is 3.33. The molecule has 0 saturated carbocycles. The number of rotatable bonds is 0. The van der Waals surface area contributed by atoms with Crippen molar-refractivity contribution in [1.29, 1.82) is 0 Å². The predicted molar refractivity (Wildman–Crippen MR) is 65.4 cm³/mol. The molecule has 0 N–H and O–H groups in total. The lowest BCUT2D eigenvalue weighted by Crippen LogP contribution is -2.30. The van der Waals surface area contributed by atoms with Gasteiger partial charge in [0.25, 0.3) is 0 Å². The van der Waals surface area contributed by atoms with Crippen molar-refractivity contribution < 1.29 is 4.74 Å². The van der Waals surface area contributed by atoms with Gasteiger partial charge < -0.3 is 4.74 Å². The van der Waals surface area contributed by atoms with Crippen molar-refractivity contribution in [3.63, 3.8) is 0 Å². The van der Waals surface area contributed by atoms with Gasteiger partial charge in [0, 0.05) is 0 Å². The average molecular weight is 216 g/mol. The molecule has 86 valence electrons. The van der Waals surface area contributed by atoms with Gasteiger partial charge in [0.2, 0.25) is 0 Å². The summed E-state index contributed by atoms with van der Waals surface area (Å²) in [5, 5.41) is 0. The molecule has 0 bridgehead atoms.